The Labute approximate surface area is 331 Å². The summed E-state index contributed by atoms with van der Waals surface area (Å²) in [6, 6.07) is 30.2. The Bertz CT molecular complexity index is 1940. The van der Waals surface area contributed by atoms with Gasteiger partial charge in [0.15, 0.2) is 0 Å². The van der Waals surface area contributed by atoms with Crippen LogP contribution < -0.4 is 10.2 Å². The Morgan fingerprint density at radius 2 is 0.833 bits per heavy atom. The van der Waals surface area contributed by atoms with Gasteiger partial charge in [-0.2, -0.15) is 20.5 Å². The van der Waals surface area contributed by atoms with Crippen molar-refractivity contribution in [2.45, 2.75) is 13.8 Å². The van der Waals surface area contributed by atoms with Crippen LogP contribution in [0.3, 0.4) is 0 Å². The smallest absolute Gasteiger partial charge is 0.872 e. The van der Waals surface area contributed by atoms with Gasteiger partial charge >= 0.3 is 34.1 Å². The average Bonchev–Trinajstić information content (AvgIpc) is 3.81. The number of benzene rings is 4. The maximum atomic E-state index is 11.5. The number of aromatic amines is 2. The molecule has 0 aliphatic carbocycles. The molecule has 280 valence electrons. The zero-order valence-electron chi connectivity index (χ0n) is 28.3. The number of phenolic OH excluding ortho intramolecular Hbond substituents is 2. The van der Waals surface area contributed by atoms with Crippen molar-refractivity contribution in [2.75, 3.05) is 0 Å². The van der Waals surface area contributed by atoms with Crippen molar-refractivity contribution >= 4 is 48.7 Å². The molecule has 18 heteroatoms. The molecule has 0 saturated carbocycles. The second-order valence-corrected chi connectivity index (χ2v) is 9.59. The van der Waals surface area contributed by atoms with Gasteiger partial charge in [0.25, 0.3) is 11.9 Å². The summed E-state index contributed by atoms with van der Waals surface area (Å²) in [4.78, 5) is 24.3. The van der Waals surface area contributed by atoms with Crippen molar-refractivity contribution in [3.63, 3.8) is 0 Å². The molecule has 0 fully saturated rings. The molecule has 2 aromatic heterocycles. The topological polar surface area (TPSA) is 267 Å². The van der Waals surface area contributed by atoms with E-state index in [1.807, 2.05) is 0 Å². The van der Waals surface area contributed by atoms with Crippen molar-refractivity contribution in [2.24, 2.45) is 20.0 Å². The number of nitrogens with one attached hydrogen (secondary N) is 2. The summed E-state index contributed by atoms with van der Waals surface area (Å²) in [5.41, 5.74) is 2.04. The molecule has 0 unspecified atom stereocenters. The number of H-pyrrole nitrogens is 2. The van der Waals surface area contributed by atoms with Crippen molar-refractivity contribution in [3.05, 3.63) is 119 Å². The van der Waals surface area contributed by atoms with E-state index in [2.05, 4.69) is 50.3 Å². The Kier molecular flexibility index (Phi) is 20.9. The molecular weight excluding hydrogens is 792 g/mol. The quantitative estimate of drug-likeness (QED) is 0.115. The van der Waals surface area contributed by atoms with Crippen LogP contribution in [0.4, 0.5) is 23.8 Å². The summed E-state index contributed by atoms with van der Waals surface area (Å²) in [5, 5.41) is 70.0. The van der Waals surface area contributed by atoms with Crippen LogP contribution in [0.5, 0.6) is 23.0 Å². The minimum Gasteiger partial charge on any atom is -0.872 e. The molecule has 4 aromatic carbocycles. The third-order valence-corrected chi connectivity index (χ3v) is 5.93. The number of aromatic nitrogens is 6. The van der Waals surface area contributed by atoms with E-state index in [9.17, 15) is 20.4 Å². The first-order valence-corrected chi connectivity index (χ1v) is 15.0. The molecule has 4 N–H and O–H groups in total. The molecule has 16 nitrogen and oxygen atoms in total. The van der Waals surface area contributed by atoms with E-state index >= 15 is 0 Å². The molecule has 2 heterocycles. The molecule has 0 saturated heterocycles. The third-order valence-electron chi connectivity index (χ3n) is 5.93. The van der Waals surface area contributed by atoms with Gasteiger partial charge in [0, 0.05) is 49.8 Å². The molecule has 6 aromatic rings. The number of aromatic hydroxyl groups is 2. The van der Waals surface area contributed by atoms with Crippen LogP contribution in [0.15, 0.2) is 117 Å². The van der Waals surface area contributed by atoms with Crippen molar-refractivity contribution in [1.29, 1.82) is 10.5 Å². The Morgan fingerprint density at radius 1 is 0.537 bits per heavy atom. The summed E-state index contributed by atoms with van der Waals surface area (Å²) in [5.74, 6) is 0.832. The number of phenols is 2. The Morgan fingerprint density at radius 3 is 1.17 bits per heavy atom. The maximum absolute atomic E-state index is 11.5. The van der Waals surface area contributed by atoms with Crippen molar-refractivity contribution in [1.82, 2.24) is 30.4 Å². The number of rotatable bonds is 8. The van der Waals surface area contributed by atoms with Gasteiger partial charge in [0.05, 0.1) is 12.1 Å². The molecule has 0 aliphatic heterocycles. The Balaban J connectivity index is 0.000000457. The molecule has 0 bridgehead atoms. The van der Waals surface area contributed by atoms with Crippen LogP contribution in [0.25, 0.3) is 0 Å². The number of hydrogen-bond donors (Lipinski definition) is 4. The first kappa shape index (κ1) is 45.1. The van der Waals surface area contributed by atoms with E-state index in [0.717, 1.165) is 0 Å². The van der Waals surface area contributed by atoms with Crippen LogP contribution in [-0.2, 0) is 34.1 Å². The fraction of sp³-hybridized carbons (Fsp3) is 0.0556. The van der Waals surface area contributed by atoms with E-state index in [-0.39, 0.29) is 80.9 Å². The minimum atomic E-state index is -0.121. The monoisotopic (exact) mass is 820 g/mol. The molecule has 0 amide bonds. The second kappa shape index (κ2) is 25.1. The molecule has 0 radical (unpaired) electrons. The number of nitriles is 2. The largest absolute Gasteiger partial charge is 1.00 e. The second-order valence-electron chi connectivity index (χ2n) is 9.59. The van der Waals surface area contributed by atoms with Gasteiger partial charge in [-0.15, -0.1) is 21.7 Å². The van der Waals surface area contributed by atoms with Crippen LogP contribution in [0.1, 0.15) is 36.1 Å². The van der Waals surface area contributed by atoms with Crippen molar-refractivity contribution in [3.8, 4) is 35.1 Å². The third kappa shape index (κ3) is 15.5. The Hall–Kier alpha value is -6.94. The molecule has 54 heavy (non-hydrogen) atoms. The van der Waals surface area contributed by atoms with E-state index in [1.54, 1.807) is 97.1 Å². The fourth-order valence-corrected chi connectivity index (χ4v) is 3.60. The van der Waals surface area contributed by atoms with Gasteiger partial charge in [-0.3, -0.25) is 0 Å². The van der Waals surface area contributed by atoms with E-state index in [0.29, 0.717) is 22.3 Å². The van der Waals surface area contributed by atoms with Gasteiger partial charge < -0.3 is 20.4 Å². The van der Waals surface area contributed by atoms with Gasteiger partial charge in [-0.25, -0.2) is 30.2 Å². The number of nitrogens with zero attached hydrogens (tertiary/aromatic N) is 10. The minimum absolute atomic E-state index is 0. The predicted molar refractivity (Wildman–Crippen MR) is 192 cm³/mol. The number of hydrogen-bond acceptors (Lipinski definition) is 14. The molecule has 0 spiro atoms. The van der Waals surface area contributed by atoms with E-state index < -0.39 is 0 Å². The summed E-state index contributed by atoms with van der Waals surface area (Å²) in [7, 11) is 0. The molecule has 0 aliphatic rings. The van der Waals surface area contributed by atoms with Crippen molar-refractivity contribution < 1.29 is 54.6 Å². The van der Waals surface area contributed by atoms with Crippen LogP contribution >= 0.6 is 0 Å². The number of aliphatic imine (C=N–C) groups is 4. The average molecular weight is 822 g/mol. The summed E-state index contributed by atoms with van der Waals surface area (Å²) in [6.07, 6.45) is 5.75. The number of para-hydroxylation sites is 4. The maximum Gasteiger partial charge on any atom is 1.00 e. The zero-order chi connectivity index (χ0) is 37.6. The van der Waals surface area contributed by atoms with Gasteiger partial charge in [-0.1, -0.05) is 72.8 Å². The van der Waals surface area contributed by atoms with Gasteiger partial charge in [0.2, 0.25) is 11.9 Å². The first-order valence-electron chi connectivity index (χ1n) is 15.0. The van der Waals surface area contributed by atoms with E-state index in [1.165, 1.54) is 50.8 Å². The predicted octanol–water partition coefficient (Wildman–Crippen LogP) is 5.22. The zero-order valence-corrected chi connectivity index (χ0v) is 30.2. The van der Waals surface area contributed by atoms with Gasteiger partial charge in [-0.05, 0) is 35.4 Å². The summed E-state index contributed by atoms with van der Waals surface area (Å²) in [6.45, 7) is 2.86. The van der Waals surface area contributed by atoms with Crippen LogP contribution in [0.2, 0.25) is 0 Å². The summed E-state index contributed by atoms with van der Waals surface area (Å²) >= 11 is 0. The van der Waals surface area contributed by atoms with Gasteiger partial charge in [0.1, 0.15) is 11.5 Å². The van der Waals surface area contributed by atoms with E-state index in [4.69, 9.17) is 10.5 Å². The normalized spacial score (nSPS) is 10.1. The fourth-order valence-electron chi connectivity index (χ4n) is 3.60. The molecular formula is C36H30Cu2N12O4. The SMILES string of the molecule is CC#N.CC#N.[Cu+].[Cu+].[O-]c1ccccc1/C=N/c1n[nH]c(/N=C/c2ccccc2O)n1.[O-]c1ccccc1/C=N/c1n[nH]c(/N=C/c2ccccc2O)n1. The molecule has 6 rings (SSSR count). The first-order chi connectivity index (χ1) is 25.3. The molecule has 0 atom stereocenters. The van der Waals surface area contributed by atoms with Crippen LogP contribution in [-0.4, -0.2) is 65.4 Å². The summed E-state index contributed by atoms with van der Waals surface area (Å²) < 4.78 is 0. The van der Waals surface area contributed by atoms with Crippen LogP contribution in [0, 0.1) is 22.7 Å². The standard InChI is InChI=1S/2C16H13N5O2.2C2H3N.2Cu/c2*22-13-7-3-1-5-11(13)9-17-15-19-16(21-20-15)18-10-12-6-2-4-8-14(12)23;2*1-2-3;;/h2*1-10,22-23H,(H,19,20,21);2*1H3;;/q;;;;2*+1/p-2/b2*17-9+,18-10+;;;;.